The lowest BCUT2D eigenvalue weighted by Gasteiger charge is -2.14. The van der Waals surface area contributed by atoms with Crippen LogP contribution in [-0.4, -0.2) is 27.7 Å². The molecule has 0 unspecified atom stereocenters. The van der Waals surface area contributed by atoms with Gasteiger partial charge in [-0.2, -0.15) is 0 Å². The van der Waals surface area contributed by atoms with Crippen LogP contribution in [-0.2, 0) is 6.54 Å². The molecule has 0 amide bonds. The van der Waals surface area contributed by atoms with Gasteiger partial charge in [0, 0.05) is 5.75 Å². The van der Waals surface area contributed by atoms with E-state index in [1.54, 1.807) is 16.7 Å². The Morgan fingerprint density at radius 1 is 0.968 bits per heavy atom. The summed E-state index contributed by atoms with van der Waals surface area (Å²) in [5, 5.41) is 1.26. The molecule has 156 valence electrons. The number of ketones is 1. The molecule has 1 heterocycles. The fourth-order valence-corrected chi connectivity index (χ4v) is 4.15. The van der Waals surface area contributed by atoms with Crippen molar-refractivity contribution < 1.29 is 9.53 Å². The molecule has 0 aliphatic heterocycles. The van der Waals surface area contributed by atoms with E-state index in [1.165, 1.54) is 18.7 Å². The Balaban J connectivity index is 1.56. The Kier molecular flexibility index (Phi) is 6.48. The molecular formula is C25H22N2O3S. The highest BCUT2D eigenvalue weighted by molar-refractivity contribution is 7.99. The first-order valence-electron chi connectivity index (χ1n) is 10.0. The molecule has 0 saturated carbocycles. The molecule has 0 spiro atoms. The van der Waals surface area contributed by atoms with Gasteiger partial charge in [0.15, 0.2) is 10.9 Å². The lowest BCUT2D eigenvalue weighted by Crippen LogP contribution is -2.24. The van der Waals surface area contributed by atoms with Gasteiger partial charge in [-0.15, -0.1) is 0 Å². The fraction of sp³-hybridized carbons (Fsp3) is 0.160. The topological polar surface area (TPSA) is 61.2 Å². The number of para-hydroxylation sites is 2. The fourth-order valence-electron chi connectivity index (χ4n) is 3.33. The van der Waals surface area contributed by atoms with Crippen molar-refractivity contribution in [2.24, 2.45) is 0 Å². The average molecular weight is 431 g/mol. The second-order valence-corrected chi connectivity index (χ2v) is 8.10. The van der Waals surface area contributed by atoms with Crippen molar-refractivity contribution in [2.45, 2.75) is 18.6 Å². The molecule has 0 bridgehead atoms. The van der Waals surface area contributed by atoms with E-state index < -0.39 is 0 Å². The summed E-state index contributed by atoms with van der Waals surface area (Å²) < 4.78 is 7.55. The van der Waals surface area contributed by atoms with Crippen LogP contribution in [0.3, 0.4) is 0 Å². The maximum Gasteiger partial charge on any atom is 0.262 e. The molecule has 0 fully saturated rings. The van der Waals surface area contributed by atoms with Crippen molar-refractivity contribution in [3.05, 3.63) is 100 Å². The van der Waals surface area contributed by atoms with Gasteiger partial charge in [-0.3, -0.25) is 14.2 Å². The minimum absolute atomic E-state index is 0.0313. The predicted molar refractivity (Wildman–Crippen MR) is 124 cm³/mol. The standard InChI is InChI=1S/C25H22N2O3S/c1-18(28)20-11-6-8-14-23(20)30-15-16-31-25-26-22-13-7-5-12-21(22)24(29)27(25)17-19-9-3-2-4-10-19/h2-14H,15-17H2,1H3. The van der Waals surface area contributed by atoms with Gasteiger partial charge in [0.1, 0.15) is 5.75 Å². The number of hydrogen-bond acceptors (Lipinski definition) is 5. The van der Waals surface area contributed by atoms with Gasteiger partial charge in [0.25, 0.3) is 5.56 Å². The third-order valence-electron chi connectivity index (χ3n) is 4.85. The maximum atomic E-state index is 13.2. The van der Waals surface area contributed by atoms with E-state index in [9.17, 15) is 9.59 Å². The largest absolute Gasteiger partial charge is 0.492 e. The van der Waals surface area contributed by atoms with E-state index in [0.29, 0.717) is 46.3 Å². The molecule has 5 nitrogen and oxygen atoms in total. The summed E-state index contributed by atoms with van der Waals surface area (Å²) in [7, 11) is 0. The van der Waals surface area contributed by atoms with Crippen LogP contribution in [0.2, 0.25) is 0 Å². The molecule has 0 aliphatic rings. The first-order chi connectivity index (χ1) is 15.1. The van der Waals surface area contributed by atoms with Crippen LogP contribution in [0, 0.1) is 0 Å². The highest BCUT2D eigenvalue weighted by Gasteiger charge is 2.13. The molecule has 0 N–H and O–H groups in total. The van der Waals surface area contributed by atoms with Gasteiger partial charge in [0.2, 0.25) is 0 Å². The first-order valence-corrected chi connectivity index (χ1v) is 11.0. The van der Waals surface area contributed by atoms with Crippen molar-refractivity contribution >= 4 is 28.4 Å². The molecule has 3 aromatic carbocycles. The summed E-state index contributed by atoms with van der Waals surface area (Å²) in [5.74, 6) is 1.13. The van der Waals surface area contributed by atoms with Gasteiger partial charge in [-0.1, -0.05) is 66.4 Å². The number of carbonyl (C=O) groups is 1. The predicted octanol–water partition coefficient (Wildman–Crippen LogP) is 4.82. The van der Waals surface area contributed by atoms with Crippen LogP contribution in [0.4, 0.5) is 0 Å². The van der Waals surface area contributed by atoms with E-state index in [1.807, 2.05) is 66.7 Å². The number of fused-ring (bicyclic) bond motifs is 1. The molecule has 0 atom stereocenters. The molecule has 1 aromatic heterocycles. The van der Waals surface area contributed by atoms with Crippen LogP contribution in [0.1, 0.15) is 22.8 Å². The van der Waals surface area contributed by atoms with E-state index in [0.717, 1.165) is 5.56 Å². The molecular weight excluding hydrogens is 408 g/mol. The number of nitrogens with zero attached hydrogens (tertiary/aromatic N) is 2. The average Bonchev–Trinajstić information content (AvgIpc) is 2.80. The summed E-state index contributed by atoms with van der Waals surface area (Å²) >= 11 is 1.47. The monoisotopic (exact) mass is 430 g/mol. The van der Waals surface area contributed by atoms with E-state index in [2.05, 4.69) is 0 Å². The molecule has 0 aliphatic carbocycles. The Morgan fingerprint density at radius 3 is 2.48 bits per heavy atom. The van der Waals surface area contributed by atoms with Crippen LogP contribution in [0.25, 0.3) is 10.9 Å². The zero-order chi connectivity index (χ0) is 21.6. The van der Waals surface area contributed by atoms with Crippen molar-refractivity contribution in [1.82, 2.24) is 9.55 Å². The number of Topliss-reactive ketones (excluding diaryl/α,β-unsaturated/α-hetero) is 1. The molecule has 6 heteroatoms. The highest BCUT2D eigenvalue weighted by atomic mass is 32.2. The molecule has 0 saturated heterocycles. The third-order valence-corrected chi connectivity index (χ3v) is 5.79. The Hall–Kier alpha value is -3.38. The minimum atomic E-state index is -0.0557. The molecule has 0 radical (unpaired) electrons. The highest BCUT2D eigenvalue weighted by Crippen LogP contribution is 2.21. The van der Waals surface area contributed by atoms with E-state index >= 15 is 0 Å². The first kappa shape index (κ1) is 20.9. The number of ether oxygens (including phenoxy) is 1. The van der Waals surface area contributed by atoms with Crippen LogP contribution in [0.15, 0.2) is 88.8 Å². The molecule has 4 rings (SSSR count). The van der Waals surface area contributed by atoms with Crippen LogP contribution < -0.4 is 10.3 Å². The van der Waals surface area contributed by atoms with Gasteiger partial charge in [0.05, 0.1) is 29.6 Å². The number of rotatable bonds is 8. The number of hydrogen-bond donors (Lipinski definition) is 0. The third kappa shape index (κ3) is 4.86. The minimum Gasteiger partial charge on any atom is -0.492 e. The van der Waals surface area contributed by atoms with Gasteiger partial charge < -0.3 is 4.74 Å². The summed E-state index contributed by atoms with van der Waals surface area (Å²) in [6.45, 7) is 2.37. The molecule has 4 aromatic rings. The normalized spacial score (nSPS) is 10.9. The smallest absolute Gasteiger partial charge is 0.262 e. The number of aromatic nitrogens is 2. The van der Waals surface area contributed by atoms with Crippen LogP contribution in [0.5, 0.6) is 5.75 Å². The summed E-state index contributed by atoms with van der Waals surface area (Å²) in [5.41, 5.74) is 2.23. The number of carbonyl (C=O) groups excluding carboxylic acids is 1. The zero-order valence-corrected chi connectivity index (χ0v) is 18.0. The van der Waals surface area contributed by atoms with Crippen molar-refractivity contribution in [2.75, 3.05) is 12.4 Å². The second-order valence-electron chi connectivity index (χ2n) is 7.04. The quantitative estimate of drug-likeness (QED) is 0.174. The van der Waals surface area contributed by atoms with E-state index in [-0.39, 0.29) is 11.3 Å². The number of benzene rings is 3. The van der Waals surface area contributed by atoms with E-state index in [4.69, 9.17) is 9.72 Å². The van der Waals surface area contributed by atoms with Gasteiger partial charge >= 0.3 is 0 Å². The Morgan fingerprint density at radius 2 is 1.68 bits per heavy atom. The lowest BCUT2D eigenvalue weighted by molar-refractivity contribution is 0.101. The van der Waals surface area contributed by atoms with Crippen molar-refractivity contribution in [1.29, 1.82) is 0 Å². The lowest BCUT2D eigenvalue weighted by atomic mass is 10.1. The molecule has 31 heavy (non-hydrogen) atoms. The summed E-state index contributed by atoms with van der Waals surface area (Å²) in [4.78, 5) is 29.7. The van der Waals surface area contributed by atoms with Crippen molar-refractivity contribution in [3.8, 4) is 5.75 Å². The Labute approximate surface area is 184 Å². The SMILES string of the molecule is CC(=O)c1ccccc1OCCSc1nc2ccccc2c(=O)n1Cc1ccccc1. The van der Waals surface area contributed by atoms with Crippen molar-refractivity contribution in [3.63, 3.8) is 0 Å². The zero-order valence-electron chi connectivity index (χ0n) is 17.2. The summed E-state index contributed by atoms with van der Waals surface area (Å²) in [6, 6.07) is 24.5. The van der Waals surface area contributed by atoms with Gasteiger partial charge in [-0.05, 0) is 36.8 Å². The maximum absolute atomic E-state index is 13.2. The Bertz CT molecular complexity index is 1270. The summed E-state index contributed by atoms with van der Waals surface area (Å²) in [6.07, 6.45) is 0. The van der Waals surface area contributed by atoms with Crippen LogP contribution >= 0.6 is 11.8 Å². The van der Waals surface area contributed by atoms with Gasteiger partial charge in [-0.25, -0.2) is 4.98 Å². The second kappa shape index (κ2) is 9.62. The number of thioether (sulfide) groups is 1.